The van der Waals surface area contributed by atoms with Gasteiger partial charge in [-0.2, -0.15) is 5.26 Å². The summed E-state index contributed by atoms with van der Waals surface area (Å²) in [6.45, 7) is 4.59. The Morgan fingerprint density at radius 3 is 2.44 bits per heavy atom. The molecule has 0 bridgehead atoms. The third-order valence-electron chi connectivity index (χ3n) is 6.92. The number of benzene rings is 2. The largest absolute Gasteiger partial charge is 0.378 e. The number of aromatic nitrogens is 1. The summed E-state index contributed by atoms with van der Waals surface area (Å²) < 4.78 is 5.64. The molecule has 0 saturated carbocycles. The van der Waals surface area contributed by atoms with Crippen molar-refractivity contribution in [2.24, 2.45) is 0 Å². The Hall–Kier alpha value is -3.73. The van der Waals surface area contributed by atoms with Gasteiger partial charge in [-0.3, -0.25) is 4.79 Å². The van der Waals surface area contributed by atoms with Crippen molar-refractivity contribution in [3.63, 3.8) is 0 Å². The molecule has 0 aliphatic carbocycles. The summed E-state index contributed by atoms with van der Waals surface area (Å²) in [6.07, 6.45) is 4.50. The molecule has 1 atom stereocenters. The number of carbonyl (C=O) groups excluding carboxylic acids is 1. The van der Waals surface area contributed by atoms with Gasteiger partial charge in [0.15, 0.2) is 0 Å². The van der Waals surface area contributed by atoms with Gasteiger partial charge in [0, 0.05) is 26.7 Å². The number of hydrogen-bond acceptors (Lipinski definition) is 6. The van der Waals surface area contributed by atoms with Crippen molar-refractivity contribution in [3.05, 3.63) is 89.6 Å². The number of amides is 1. The lowest BCUT2D eigenvalue weighted by Gasteiger charge is -2.39. The van der Waals surface area contributed by atoms with Crippen LogP contribution in [0.1, 0.15) is 42.5 Å². The maximum atomic E-state index is 13.3. The van der Waals surface area contributed by atoms with Crippen LogP contribution in [-0.2, 0) is 16.0 Å². The average Bonchev–Trinajstić information content (AvgIpc) is 2.93. The first-order valence-corrected chi connectivity index (χ1v) is 12.3. The number of rotatable bonds is 9. The molecule has 4 rings (SSSR count). The van der Waals surface area contributed by atoms with Crippen molar-refractivity contribution in [2.75, 3.05) is 37.0 Å². The molecule has 1 amide bonds. The molecule has 7 heteroatoms. The minimum Gasteiger partial charge on any atom is -0.378 e. The molecule has 1 unspecified atom stereocenters. The molecule has 2 heterocycles. The number of carbonyl (C=O) groups is 1. The lowest BCUT2D eigenvalue weighted by Crippen LogP contribution is -2.43. The molecule has 36 heavy (non-hydrogen) atoms. The van der Waals surface area contributed by atoms with Crippen LogP contribution in [-0.4, -0.2) is 43.2 Å². The van der Waals surface area contributed by atoms with Crippen LogP contribution in [0.5, 0.6) is 0 Å². The van der Waals surface area contributed by atoms with Crippen LogP contribution >= 0.6 is 0 Å². The fourth-order valence-corrected chi connectivity index (χ4v) is 4.40. The number of nitrogens with zero attached hydrogens (tertiary/aromatic N) is 3. The third kappa shape index (κ3) is 6.48. The zero-order chi connectivity index (χ0) is 25.4. The van der Waals surface area contributed by atoms with Crippen molar-refractivity contribution < 1.29 is 9.53 Å². The summed E-state index contributed by atoms with van der Waals surface area (Å²) >= 11 is 0. The summed E-state index contributed by atoms with van der Waals surface area (Å²) in [4.78, 5) is 20.1. The molecule has 3 aromatic rings. The SMILES string of the molecule is COC1(C)CCN(c2ccc(NC(=O)C(NCCc3ccc(C#N)cc3)c3ccccc3)nc2)CC1. The van der Waals surface area contributed by atoms with E-state index in [2.05, 4.69) is 33.5 Å². The van der Waals surface area contributed by atoms with Gasteiger partial charge in [0.2, 0.25) is 5.91 Å². The average molecular weight is 484 g/mol. The second kappa shape index (κ2) is 11.8. The quantitative estimate of drug-likeness (QED) is 0.467. The number of ether oxygens (including phenoxy) is 1. The maximum Gasteiger partial charge on any atom is 0.247 e. The van der Waals surface area contributed by atoms with Crippen LogP contribution in [0.3, 0.4) is 0 Å². The highest BCUT2D eigenvalue weighted by Gasteiger charge is 2.30. The second-order valence-electron chi connectivity index (χ2n) is 9.39. The Balaban J connectivity index is 1.37. The highest BCUT2D eigenvalue weighted by molar-refractivity contribution is 5.94. The Kier molecular flexibility index (Phi) is 8.32. The van der Waals surface area contributed by atoms with E-state index in [1.165, 1.54) is 0 Å². The predicted molar refractivity (Wildman–Crippen MR) is 142 cm³/mol. The van der Waals surface area contributed by atoms with Crippen LogP contribution in [0.2, 0.25) is 0 Å². The monoisotopic (exact) mass is 483 g/mol. The van der Waals surface area contributed by atoms with Gasteiger partial charge in [0.05, 0.1) is 29.1 Å². The van der Waals surface area contributed by atoms with Gasteiger partial charge in [0.1, 0.15) is 11.9 Å². The van der Waals surface area contributed by atoms with Crippen molar-refractivity contribution in [3.8, 4) is 6.07 Å². The van der Waals surface area contributed by atoms with Gasteiger partial charge in [0.25, 0.3) is 0 Å². The Morgan fingerprint density at radius 2 is 1.83 bits per heavy atom. The van der Waals surface area contributed by atoms with Crippen molar-refractivity contribution in [1.82, 2.24) is 10.3 Å². The van der Waals surface area contributed by atoms with Gasteiger partial charge in [-0.25, -0.2) is 4.98 Å². The van der Waals surface area contributed by atoms with Crippen LogP contribution in [0.15, 0.2) is 72.9 Å². The van der Waals surface area contributed by atoms with E-state index in [9.17, 15) is 4.79 Å². The summed E-state index contributed by atoms with van der Waals surface area (Å²) in [6, 6.07) is 22.7. The van der Waals surface area contributed by atoms with Crippen LogP contribution in [0, 0.1) is 11.3 Å². The molecule has 0 spiro atoms. The van der Waals surface area contributed by atoms with E-state index in [-0.39, 0.29) is 11.5 Å². The van der Waals surface area contributed by atoms with E-state index in [0.29, 0.717) is 17.9 Å². The van der Waals surface area contributed by atoms with Crippen molar-refractivity contribution in [2.45, 2.75) is 37.8 Å². The summed E-state index contributed by atoms with van der Waals surface area (Å²) in [7, 11) is 1.78. The molecule has 2 N–H and O–H groups in total. The molecule has 186 valence electrons. The first-order valence-electron chi connectivity index (χ1n) is 12.3. The Bertz CT molecular complexity index is 1170. The molecule has 1 aromatic heterocycles. The van der Waals surface area contributed by atoms with E-state index < -0.39 is 6.04 Å². The van der Waals surface area contributed by atoms with Crippen LogP contribution < -0.4 is 15.5 Å². The summed E-state index contributed by atoms with van der Waals surface area (Å²) in [5.74, 6) is 0.368. The first-order chi connectivity index (χ1) is 17.5. The minimum absolute atomic E-state index is 0.0582. The third-order valence-corrected chi connectivity index (χ3v) is 6.92. The zero-order valence-corrected chi connectivity index (χ0v) is 20.9. The molecular formula is C29H33N5O2. The van der Waals surface area contributed by atoms with E-state index in [1.54, 1.807) is 7.11 Å². The van der Waals surface area contributed by atoms with E-state index >= 15 is 0 Å². The van der Waals surface area contributed by atoms with Gasteiger partial charge in [-0.1, -0.05) is 42.5 Å². The Labute approximate surface area is 213 Å². The first kappa shape index (κ1) is 25.4. The van der Waals surface area contributed by atoms with Crippen molar-refractivity contribution in [1.29, 1.82) is 5.26 Å². The molecule has 1 saturated heterocycles. The molecular weight excluding hydrogens is 450 g/mol. The molecule has 1 aliphatic rings. The van der Waals surface area contributed by atoms with Crippen LogP contribution in [0.4, 0.5) is 11.5 Å². The number of piperidine rings is 1. The fourth-order valence-electron chi connectivity index (χ4n) is 4.40. The number of anilines is 2. The fraction of sp³-hybridized carbons (Fsp3) is 0.345. The number of hydrogen-bond donors (Lipinski definition) is 2. The summed E-state index contributed by atoms with van der Waals surface area (Å²) in [5.41, 5.74) is 3.62. The predicted octanol–water partition coefficient (Wildman–Crippen LogP) is 4.47. The van der Waals surface area contributed by atoms with Gasteiger partial charge in [-0.05, 0) is 61.6 Å². The lowest BCUT2D eigenvalue weighted by atomic mass is 9.93. The summed E-state index contributed by atoms with van der Waals surface area (Å²) in [5, 5.41) is 15.3. The molecule has 1 aliphatic heterocycles. The Morgan fingerprint density at radius 1 is 1.11 bits per heavy atom. The molecule has 0 radical (unpaired) electrons. The zero-order valence-electron chi connectivity index (χ0n) is 20.9. The number of pyridine rings is 1. The highest BCUT2D eigenvalue weighted by Crippen LogP contribution is 2.28. The van der Waals surface area contributed by atoms with E-state index in [1.807, 2.05) is 72.9 Å². The second-order valence-corrected chi connectivity index (χ2v) is 9.39. The molecule has 1 fully saturated rings. The standard InChI is InChI=1S/C29H33N5O2/c1-29(36-2)15-18-34(19-16-29)25-12-13-26(32-21-25)33-28(35)27(24-6-4-3-5-7-24)31-17-14-22-8-10-23(20-30)11-9-22/h3-13,21,27,31H,14-19H2,1-2H3,(H,32,33,35). The normalized spacial score (nSPS) is 15.6. The van der Waals surface area contributed by atoms with Crippen LogP contribution in [0.25, 0.3) is 0 Å². The molecule has 2 aromatic carbocycles. The lowest BCUT2D eigenvalue weighted by molar-refractivity contribution is -0.118. The molecule has 7 nitrogen and oxygen atoms in total. The van der Waals surface area contributed by atoms with Gasteiger partial charge >= 0.3 is 0 Å². The topological polar surface area (TPSA) is 90.3 Å². The van der Waals surface area contributed by atoms with E-state index in [0.717, 1.165) is 49.2 Å². The van der Waals surface area contributed by atoms with Crippen molar-refractivity contribution >= 4 is 17.4 Å². The maximum absolute atomic E-state index is 13.3. The number of nitriles is 1. The van der Waals surface area contributed by atoms with Gasteiger partial charge < -0.3 is 20.3 Å². The van der Waals surface area contributed by atoms with E-state index in [4.69, 9.17) is 10.00 Å². The number of methoxy groups -OCH3 is 1. The highest BCUT2D eigenvalue weighted by atomic mass is 16.5. The van der Waals surface area contributed by atoms with Gasteiger partial charge in [-0.15, -0.1) is 0 Å². The smallest absolute Gasteiger partial charge is 0.247 e. The number of nitrogens with one attached hydrogen (secondary N) is 2. The minimum atomic E-state index is -0.514.